The Labute approximate surface area is 239 Å². The van der Waals surface area contributed by atoms with Crippen molar-refractivity contribution in [3.63, 3.8) is 0 Å². The van der Waals surface area contributed by atoms with Gasteiger partial charge in [-0.15, -0.1) is 0 Å². The summed E-state index contributed by atoms with van der Waals surface area (Å²) >= 11 is 0. The number of aromatic carboxylic acids is 2. The van der Waals surface area contributed by atoms with Gasteiger partial charge in [-0.3, -0.25) is 23.9 Å². The number of carboxylic acids is 2. The fraction of sp³-hybridized carbons (Fsp3) is 0.346. The number of anilines is 2. The SMILES string of the molecule is CCN(CCn1c2c(C(=O)O)cc(C(=O)O)cc2c(=O)n1C)c1c(F)cc(N2C[C@H](CNC(=O)C(F)F)OC2=O)cc1F. The number of carbonyl (C=O) groups is 4. The molecule has 17 heteroatoms. The molecule has 3 aromatic rings. The number of halogens is 4. The van der Waals surface area contributed by atoms with Gasteiger partial charge in [-0.05, 0) is 19.1 Å². The summed E-state index contributed by atoms with van der Waals surface area (Å²) in [6.07, 6.45) is -5.31. The van der Waals surface area contributed by atoms with Gasteiger partial charge in [-0.2, -0.15) is 8.78 Å². The molecule has 230 valence electrons. The maximum absolute atomic E-state index is 15.3. The van der Waals surface area contributed by atoms with Gasteiger partial charge >= 0.3 is 24.5 Å². The number of hydrogen-bond donors (Lipinski definition) is 3. The molecule has 1 aliphatic heterocycles. The fourth-order valence-corrected chi connectivity index (χ4v) is 4.84. The Morgan fingerprint density at radius 2 is 1.74 bits per heavy atom. The molecule has 1 aromatic heterocycles. The van der Waals surface area contributed by atoms with Crippen molar-refractivity contribution in [2.45, 2.75) is 26.0 Å². The molecule has 0 bridgehead atoms. The number of fused-ring (bicyclic) bond motifs is 1. The zero-order valence-corrected chi connectivity index (χ0v) is 22.6. The Bertz CT molecular complexity index is 1660. The van der Waals surface area contributed by atoms with E-state index in [1.165, 1.54) is 16.6 Å². The van der Waals surface area contributed by atoms with E-state index < -0.39 is 77.0 Å². The first kappa shape index (κ1) is 30.9. The zero-order valence-electron chi connectivity index (χ0n) is 22.6. The quantitative estimate of drug-likeness (QED) is 0.276. The molecule has 13 nitrogen and oxygen atoms in total. The lowest BCUT2D eigenvalue weighted by Gasteiger charge is -2.26. The van der Waals surface area contributed by atoms with Crippen molar-refractivity contribution in [3.05, 3.63) is 57.4 Å². The van der Waals surface area contributed by atoms with Crippen molar-refractivity contribution in [2.24, 2.45) is 7.05 Å². The molecule has 1 aliphatic rings. The van der Waals surface area contributed by atoms with Crippen LogP contribution in [0, 0.1) is 11.6 Å². The van der Waals surface area contributed by atoms with Crippen molar-refractivity contribution < 1.29 is 51.7 Å². The number of benzene rings is 2. The molecule has 1 fully saturated rings. The molecular formula is C26H25F4N5O8. The summed E-state index contributed by atoms with van der Waals surface area (Å²) in [7, 11) is 1.34. The Hall–Kier alpha value is -5.09. The molecule has 2 heterocycles. The highest BCUT2D eigenvalue weighted by atomic mass is 19.3. The van der Waals surface area contributed by atoms with E-state index in [-0.39, 0.29) is 42.8 Å². The first-order chi connectivity index (χ1) is 20.2. The first-order valence-corrected chi connectivity index (χ1v) is 12.7. The second kappa shape index (κ2) is 12.0. The third-order valence-electron chi connectivity index (χ3n) is 6.90. The predicted molar refractivity (Wildman–Crippen MR) is 142 cm³/mol. The Balaban J connectivity index is 1.59. The molecule has 2 amide bonds. The number of rotatable bonds is 11. The van der Waals surface area contributed by atoms with Crippen LogP contribution >= 0.6 is 0 Å². The Morgan fingerprint density at radius 1 is 1.09 bits per heavy atom. The number of amides is 2. The molecule has 1 saturated heterocycles. The lowest BCUT2D eigenvalue weighted by Crippen LogP contribution is -2.37. The van der Waals surface area contributed by atoms with E-state index in [1.54, 1.807) is 6.92 Å². The summed E-state index contributed by atoms with van der Waals surface area (Å²) in [4.78, 5) is 61.7. The fourth-order valence-electron chi connectivity index (χ4n) is 4.84. The van der Waals surface area contributed by atoms with Gasteiger partial charge in [0.2, 0.25) is 0 Å². The average molecular weight is 612 g/mol. The molecule has 2 aromatic carbocycles. The van der Waals surface area contributed by atoms with Crippen molar-refractivity contribution in [1.29, 1.82) is 0 Å². The molecule has 0 spiro atoms. The molecule has 0 aliphatic carbocycles. The number of carboxylic acid groups (broad SMARTS) is 2. The van der Waals surface area contributed by atoms with Gasteiger partial charge in [0.25, 0.3) is 11.5 Å². The molecule has 0 radical (unpaired) electrons. The summed E-state index contributed by atoms with van der Waals surface area (Å²) in [6, 6.07) is 3.72. The molecule has 43 heavy (non-hydrogen) atoms. The normalized spacial score (nSPS) is 14.8. The number of hydrogen-bond acceptors (Lipinski definition) is 7. The largest absolute Gasteiger partial charge is 0.478 e. The third-order valence-corrected chi connectivity index (χ3v) is 6.90. The lowest BCUT2D eigenvalue weighted by molar-refractivity contribution is -0.132. The van der Waals surface area contributed by atoms with Gasteiger partial charge in [-0.25, -0.2) is 23.2 Å². The first-order valence-electron chi connectivity index (χ1n) is 12.7. The lowest BCUT2D eigenvalue weighted by atomic mass is 10.1. The molecule has 0 saturated carbocycles. The highest BCUT2D eigenvalue weighted by molar-refractivity contribution is 6.05. The highest BCUT2D eigenvalue weighted by Gasteiger charge is 2.34. The van der Waals surface area contributed by atoms with Gasteiger partial charge in [0.15, 0.2) is 11.6 Å². The van der Waals surface area contributed by atoms with Crippen LogP contribution < -0.4 is 20.7 Å². The summed E-state index contributed by atoms with van der Waals surface area (Å²) in [6.45, 7) is 0.682. The van der Waals surface area contributed by atoms with E-state index >= 15 is 8.78 Å². The zero-order chi connectivity index (χ0) is 31.7. The number of ether oxygens (including phenoxy) is 1. The van der Waals surface area contributed by atoms with Crippen molar-refractivity contribution in [3.8, 4) is 0 Å². The van der Waals surface area contributed by atoms with Crippen LogP contribution in [0.1, 0.15) is 27.6 Å². The number of likely N-dealkylation sites (N-methyl/N-ethyl adjacent to an activating group) is 1. The topological polar surface area (TPSA) is 163 Å². The molecule has 3 N–H and O–H groups in total. The number of cyclic esters (lactones) is 1. The van der Waals surface area contributed by atoms with Crippen LogP contribution in [0.4, 0.5) is 33.7 Å². The number of alkyl halides is 2. The van der Waals surface area contributed by atoms with Crippen molar-refractivity contribution >= 4 is 46.2 Å². The predicted octanol–water partition coefficient (Wildman–Crippen LogP) is 2.25. The second-order valence-corrected chi connectivity index (χ2v) is 9.48. The smallest absolute Gasteiger partial charge is 0.414 e. The highest BCUT2D eigenvalue weighted by Crippen LogP contribution is 2.31. The second-order valence-electron chi connectivity index (χ2n) is 9.48. The van der Waals surface area contributed by atoms with Crippen LogP contribution in [0.15, 0.2) is 29.1 Å². The van der Waals surface area contributed by atoms with Crippen molar-refractivity contribution in [2.75, 3.05) is 36.0 Å². The maximum Gasteiger partial charge on any atom is 0.414 e. The summed E-state index contributed by atoms with van der Waals surface area (Å²) in [5.41, 5.74) is -2.28. The van der Waals surface area contributed by atoms with Crippen molar-refractivity contribution in [1.82, 2.24) is 14.7 Å². The minimum Gasteiger partial charge on any atom is -0.478 e. The van der Waals surface area contributed by atoms with Gasteiger partial charge in [-0.1, -0.05) is 0 Å². The van der Waals surface area contributed by atoms with Gasteiger partial charge in [0, 0.05) is 32.3 Å². The van der Waals surface area contributed by atoms with Crippen LogP contribution in [0.3, 0.4) is 0 Å². The maximum atomic E-state index is 15.3. The summed E-state index contributed by atoms with van der Waals surface area (Å²) < 4.78 is 62.8. The monoisotopic (exact) mass is 611 g/mol. The van der Waals surface area contributed by atoms with Gasteiger partial charge < -0.3 is 25.2 Å². The number of nitrogens with one attached hydrogen (secondary N) is 1. The van der Waals surface area contributed by atoms with Crippen LogP contribution in [0.2, 0.25) is 0 Å². The van der Waals surface area contributed by atoms with Crippen LogP contribution in [0.5, 0.6) is 0 Å². The van der Waals surface area contributed by atoms with E-state index in [0.29, 0.717) is 0 Å². The van der Waals surface area contributed by atoms with Crippen LogP contribution in [-0.4, -0.2) is 82.2 Å². The Kier molecular flexibility index (Phi) is 8.63. The van der Waals surface area contributed by atoms with E-state index in [0.717, 1.165) is 33.8 Å². The average Bonchev–Trinajstić information content (AvgIpc) is 3.44. The van der Waals surface area contributed by atoms with Crippen LogP contribution in [-0.2, 0) is 23.1 Å². The van der Waals surface area contributed by atoms with E-state index in [1.807, 2.05) is 5.32 Å². The van der Waals surface area contributed by atoms with Gasteiger partial charge in [0.05, 0.1) is 47.4 Å². The van der Waals surface area contributed by atoms with E-state index in [9.17, 15) is 43.0 Å². The van der Waals surface area contributed by atoms with Crippen LogP contribution in [0.25, 0.3) is 10.9 Å². The number of nitrogens with zero attached hydrogens (tertiary/aromatic N) is 4. The Morgan fingerprint density at radius 3 is 2.30 bits per heavy atom. The third kappa shape index (κ3) is 5.96. The minimum atomic E-state index is -3.27. The minimum absolute atomic E-state index is 0.0624. The standard InChI is InChI=1S/C26H25F4N5O8/c1-3-33(4-5-35-19-15(23(37)32(35)2)6-12(24(38)39)7-16(19)25(40)41)20-17(27)8-13(9-18(20)28)34-11-14(43-26(34)42)10-31-22(36)21(29)30/h6-9,14,21H,3-5,10-11H2,1-2H3,(H,31,36)(H,38,39)(H,40,41)/t14-/m0/s1. The number of aromatic nitrogens is 2. The molecule has 0 unspecified atom stereocenters. The van der Waals surface area contributed by atoms with Gasteiger partial charge in [0.1, 0.15) is 11.8 Å². The molecule has 1 atom stereocenters. The van der Waals surface area contributed by atoms with E-state index in [2.05, 4.69) is 0 Å². The number of carbonyl (C=O) groups excluding carboxylic acids is 2. The summed E-state index contributed by atoms with van der Waals surface area (Å²) in [5.74, 6) is -6.60. The summed E-state index contributed by atoms with van der Waals surface area (Å²) in [5, 5.41) is 20.8. The van der Waals surface area contributed by atoms with E-state index in [4.69, 9.17) is 4.74 Å². The molecule has 4 rings (SSSR count). The molecular weight excluding hydrogens is 586 g/mol.